The zero-order chi connectivity index (χ0) is 30.3. The van der Waals surface area contributed by atoms with E-state index in [2.05, 4.69) is 29.9 Å². The number of rotatable bonds is 10. The summed E-state index contributed by atoms with van der Waals surface area (Å²) in [5, 5.41) is 0. The van der Waals surface area contributed by atoms with Crippen LogP contribution in [0.5, 0.6) is 0 Å². The molecule has 4 nitrogen and oxygen atoms in total. The Balaban J connectivity index is 1.16. The van der Waals surface area contributed by atoms with Crippen LogP contribution in [0.1, 0.15) is 94.4 Å². The van der Waals surface area contributed by atoms with Crippen molar-refractivity contribution >= 4 is 22.8 Å². The first-order valence-corrected chi connectivity index (χ1v) is 15.8. The average molecular weight is 579 g/mol. The molecule has 2 aliphatic carbocycles. The van der Waals surface area contributed by atoms with Gasteiger partial charge in [0.25, 0.3) is 0 Å². The van der Waals surface area contributed by atoms with Crippen molar-refractivity contribution in [2.45, 2.75) is 84.0 Å². The number of hydrogen-bond donors (Lipinski definition) is 0. The van der Waals surface area contributed by atoms with E-state index >= 15 is 4.39 Å². The summed E-state index contributed by atoms with van der Waals surface area (Å²) >= 11 is 0. The highest BCUT2D eigenvalue weighted by atomic mass is 19.1. The van der Waals surface area contributed by atoms with E-state index in [0.717, 1.165) is 74.1 Å². The maximum absolute atomic E-state index is 15.2. The van der Waals surface area contributed by atoms with Crippen molar-refractivity contribution in [1.82, 2.24) is 4.98 Å². The molecule has 5 heteroatoms. The van der Waals surface area contributed by atoms with Crippen LogP contribution in [0.2, 0.25) is 0 Å². The maximum Gasteiger partial charge on any atom is 0.137 e. The largest absolute Gasteiger partial charge is 0.370 e. The van der Waals surface area contributed by atoms with E-state index in [1.54, 1.807) is 13.0 Å². The van der Waals surface area contributed by atoms with Gasteiger partial charge in [-0.25, -0.2) is 4.39 Å². The van der Waals surface area contributed by atoms with Gasteiger partial charge < -0.3 is 9.69 Å². The van der Waals surface area contributed by atoms with Crippen LogP contribution in [0, 0.1) is 30.0 Å². The van der Waals surface area contributed by atoms with Crippen molar-refractivity contribution in [3.8, 4) is 12.3 Å². The van der Waals surface area contributed by atoms with Gasteiger partial charge in [-0.1, -0.05) is 41.5 Å². The van der Waals surface area contributed by atoms with Gasteiger partial charge in [-0.3, -0.25) is 9.78 Å². The Morgan fingerprint density at radius 2 is 1.93 bits per heavy atom. The van der Waals surface area contributed by atoms with Gasteiger partial charge in [0.2, 0.25) is 0 Å². The van der Waals surface area contributed by atoms with Gasteiger partial charge in [-0.15, -0.1) is 12.3 Å². The molecule has 3 unspecified atom stereocenters. The number of aromatic nitrogens is 1. The highest BCUT2D eigenvalue weighted by molar-refractivity contribution is 5.82. The molecule has 5 rings (SSSR count). The number of anilines is 1. The molecule has 1 aliphatic heterocycles. The molecule has 224 valence electrons. The normalized spacial score (nSPS) is 22.2. The van der Waals surface area contributed by atoms with E-state index in [9.17, 15) is 9.59 Å². The zero-order valence-electron chi connectivity index (χ0n) is 25.6. The number of terminal acetylenes is 1. The number of ketones is 2. The molecule has 2 fully saturated rings. The van der Waals surface area contributed by atoms with Gasteiger partial charge in [-0.05, 0) is 93.5 Å². The third kappa shape index (κ3) is 7.99. The molecule has 0 spiro atoms. The lowest BCUT2D eigenvalue weighted by molar-refractivity contribution is -0.120. The molecule has 1 saturated carbocycles. The van der Waals surface area contributed by atoms with Crippen molar-refractivity contribution < 1.29 is 14.0 Å². The fourth-order valence-corrected chi connectivity index (χ4v) is 6.92. The molecule has 1 saturated heterocycles. The number of benzene rings is 1. The van der Waals surface area contributed by atoms with Gasteiger partial charge in [-0.2, -0.15) is 0 Å². The van der Waals surface area contributed by atoms with Gasteiger partial charge >= 0.3 is 0 Å². The van der Waals surface area contributed by atoms with Gasteiger partial charge in [0.05, 0.1) is 11.9 Å². The standard InChI is InChI=1S/C38H43FN2O2/c1-4-6-29-19-26(2)8-10-31(21-29)35-13-9-30(23-37(35)39)22-34(43)24-32-11-14-36(32)38-15-12-33(25-40-38)41-17-5-7-28(16-18-41)20-27(3)42/h1,8-10,12-13,15,21,23,25,28,32,36H,5-7,11,14,16-20,22,24H2,2-3H3. The van der Waals surface area contributed by atoms with Crippen molar-refractivity contribution in [2.75, 3.05) is 18.0 Å². The van der Waals surface area contributed by atoms with Gasteiger partial charge in [0, 0.05) is 55.9 Å². The second-order valence-electron chi connectivity index (χ2n) is 12.8. The van der Waals surface area contributed by atoms with Crippen molar-refractivity contribution in [3.63, 3.8) is 0 Å². The molecule has 43 heavy (non-hydrogen) atoms. The lowest BCUT2D eigenvalue weighted by Gasteiger charge is -2.36. The summed E-state index contributed by atoms with van der Waals surface area (Å²) in [5.41, 5.74) is 6.53. The van der Waals surface area contributed by atoms with Crippen molar-refractivity contribution in [3.05, 3.63) is 88.5 Å². The van der Waals surface area contributed by atoms with Crippen LogP contribution < -0.4 is 4.90 Å². The summed E-state index contributed by atoms with van der Waals surface area (Å²) in [5.74, 6) is 3.88. The first-order valence-electron chi connectivity index (χ1n) is 15.8. The minimum absolute atomic E-state index is 0.145. The summed E-state index contributed by atoms with van der Waals surface area (Å²) in [6.45, 7) is 5.69. The first kappa shape index (κ1) is 30.7. The van der Waals surface area contributed by atoms with Crippen LogP contribution in [0.3, 0.4) is 0 Å². The van der Waals surface area contributed by atoms with Gasteiger partial charge in [0.1, 0.15) is 17.4 Å². The summed E-state index contributed by atoms with van der Waals surface area (Å²) in [4.78, 5) is 31.8. The Kier molecular flexibility index (Phi) is 10.1. The SMILES string of the molecule is C#CCC1=CC(c2ccc(CC(=O)CC3CCC3c3ccc(N4CCCC(CC(C)=O)CC4)cn3)cc2F)=CC=C(C)C1. The molecule has 3 atom stereocenters. The monoisotopic (exact) mass is 578 g/mol. The molecule has 2 aromatic rings. The number of nitrogens with zero attached hydrogens (tertiary/aromatic N) is 2. The Morgan fingerprint density at radius 1 is 1.07 bits per heavy atom. The number of allylic oxidation sites excluding steroid dienone is 6. The van der Waals surface area contributed by atoms with E-state index in [4.69, 9.17) is 11.4 Å². The Hall–Kier alpha value is -3.78. The Morgan fingerprint density at radius 3 is 2.63 bits per heavy atom. The van der Waals surface area contributed by atoms with E-state index in [1.165, 1.54) is 11.6 Å². The Bertz CT molecular complexity index is 1480. The summed E-state index contributed by atoms with van der Waals surface area (Å²) in [6.07, 6.45) is 21.5. The molecular formula is C38H43FN2O2. The van der Waals surface area contributed by atoms with Crippen LogP contribution in [0.15, 0.2) is 65.9 Å². The van der Waals surface area contributed by atoms with Crippen molar-refractivity contribution in [1.29, 1.82) is 0 Å². The maximum atomic E-state index is 15.2. The molecule has 3 aliphatic rings. The number of halogens is 1. The van der Waals surface area contributed by atoms with E-state index < -0.39 is 0 Å². The lowest BCUT2D eigenvalue weighted by Crippen LogP contribution is -2.28. The van der Waals surface area contributed by atoms with Crippen LogP contribution in [-0.2, 0) is 16.0 Å². The van der Waals surface area contributed by atoms with Crippen LogP contribution in [0.25, 0.3) is 5.57 Å². The number of carbonyl (C=O) groups is 2. The fraction of sp³-hybridized carbons (Fsp3) is 0.447. The molecule has 0 amide bonds. The minimum atomic E-state index is -0.314. The number of carbonyl (C=O) groups excluding carboxylic acids is 2. The number of Topliss-reactive ketones (excluding diaryl/α,β-unsaturated/α-hetero) is 2. The van der Waals surface area contributed by atoms with E-state index in [1.807, 2.05) is 30.5 Å². The third-order valence-corrected chi connectivity index (χ3v) is 9.33. The third-order valence-electron chi connectivity index (χ3n) is 9.33. The molecule has 0 radical (unpaired) electrons. The molecule has 2 heterocycles. The molecule has 1 aromatic carbocycles. The van der Waals surface area contributed by atoms with E-state index in [-0.39, 0.29) is 29.7 Å². The smallest absolute Gasteiger partial charge is 0.137 e. The minimum Gasteiger partial charge on any atom is -0.370 e. The predicted octanol–water partition coefficient (Wildman–Crippen LogP) is 8.18. The molecular weight excluding hydrogens is 535 g/mol. The highest BCUT2D eigenvalue weighted by Crippen LogP contribution is 2.44. The number of pyridine rings is 1. The fourth-order valence-electron chi connectivity index (χ4n) is 6.92. The van der Waals surface area contributed by atoms with Crippen LogP contribution in [0.4, 0.5) is 10.1 Å². The molecule has 1 aromatic heterocycles. The topological polar surface area (TPSA) is 50.3 Å². The summed E-state index contributed by atoms with van der Waals surface area (Å²) in [7, 11) is 0. The summed E-state index contributed by atoms with van der Waals surface area (Å²) in [6, 6.07) is 9.46. The quantitative estimate of drug-likeness (QED) is 0.267. The van der Waals surface area contributed by atoms with Crippen molar-refractivity contribution in [2.24, 2.45) is 11.8 Å². The Labute approximate surface area is 256 Å². The van der Waals surface area contributed by atoms with Gasteiger partial charge in [0.15, 0.2) is 0 Å². The lowest BCUT2D eigenvalue weighted by atomic mass is 9.69. The van der Waals surface area contributed by atoms with E-state index in [0.29, 0.717) is 42.2 Å². The second-order valence-corrected chi connectivity index (χ2v) is 12.8. The molecule has 0 N–H and O–H groups in total. The summed E-state index contributed by atoms with van der Waals surface area (Å²) < 4.78 is 15.2. The van der Waals surface area contributed by atoms with Crippen LogP contribution >= 0.6 is 0 Å². The predicted molar refractivity (Wildman–Crippen MR) is 172 cm³/mol. The second kappa shape index (κ2) is 14.1. The molecule has 0 bridgehead atoms. The highest BCUT2D eigenvalue weighted by Gasteiger charge is 2.34. The zero-order valence-corrected chi connectivity index (χ0v) is 25.6. The van der Waals surface area contributed by atoms with Crippen LogP contribution in [-0.4, -0.2) is 29.6 Å². The average Bonchev–Trinajstić information content (AvgIpc) is 3.29. The number of hydrogen-bond acceptors (Lipinski definition) is 4. The first-order chi connectivity index (χ1) is 20.8.